The molecular weight excluding hydrogens is 300 g/mol. The van der Waals surface area contributed by atoms with Crippen LogP contribution in [0.4, 0.5) is 0 Å². The summed E-state index contributed by atoms with van der Waals surface area (Å²) >= 11 is 0. The lowest BCUT2D eigenvalue weighted by Crippen LogP contribution is -2.36. The lowest BCUT2D eigenvalue weighted by molar-refractivity contribution is -0.123. The van der Waals surface area contributed by atoms with Gasteiger partial charge in [0, 0.05) is 12.0 Å². The van der Waals surface area contributed by atoms with Crippen molar-refractivity contribution in [3.05, 3.63) is 29.8 Å². The van der Waals surface area contributed by atoms with Gasteiger partial charge in [0.1, 0.15) is 5.75 Å². The predicted molar refractivity (Wildman–Crippen MR) is 98.2 cm³/mol. The first kappa shape index (κ1) is 18.8. The van der Waals surface area contributed by atoms with Crippen LogP contribution in [0.25, 0.3) is 0 Å². The van der Waals surface area contributed by atoms with Crippen LogP contribution in [0.5, 0.6) is 5.75 Å². The monoisotopic (exact) mass is 332 g/mol. The van der Waals surface area contributed by atoms with Gasteiger partial charge in [-0.3, -0.25) is 4.79 Å². The Morgan fingerprint density at radius 3 is 2.83 bits per heavy atom. The lowest BCUT2D eigenvalue weighted by Gasteiger charge is -2.28. The van der Waals surface area contributed by atoms with Crippen LogP contribution in [0.3, 0.4) is 0 Å². The Balaban J connectivity index is 1.95. The fourth-order valence-corrected chi connectivity index (χ4v) is 3.53. The standard InChI is InChI=1S/C20H32N2O2/c1-4-18(17-10-6-7-11-19(17)24-5-2)22-20(23)13-15(3)16-9-8-12-21-14-16/h6-7,10-11,15-16,18,21H,4-5,8-9,12-14H2,1-3H3,(H,22,23). The third-order valence-corrected chi connectivity index (χ3v) is 4.98. The van der Waals surface area contributed by atoms with E-state index >= 15 is 0 Å². The third-order valence-electron chi connectivity index (χ3n) is 4.98. The molecule has 0 radical (unpaired) electrons. The molecule has 24 heavy (non-hydrogen) atoms. The average molecular weight is 332 g/mol. The number of amides is 1. The fraction of sp³-hybridized carbons (Fsp3) is 0.650. The molecule has 0 aromatic heterocycles. The van der Waals surface area contributed by atoms with Gasteiger partial charge in [-0.15, -0.1) is 0 Å². The number of nitrogens with one attached hydrogen (secondary N) is 2. The second kappa shape index (κ2) is 9.67. The van der Waals surface area contributed by atoms with Crippen LogP contribution < -0.4 is 15.4 Å². The molecule has 1 fully saturated rings. The second-order valence-electron chi connectivity index (χ2n) is 6.79. The first-order valence-corrected chi connectivity index (χ1v) is 9.37. The van der Waals surface area contributed by atoms with Crippen molar-refractivity contribution in [3.8, 4) is 5.75 Å². The molecule has 4 heteroatoms. The Labute approximate surface area is 146 Å². The minimum Gasteiger partial charge on any atom is -0.494 e. The van der Waals surface area contributed by atoms with Crippen LogP contribution >= 0.6 is 0 Å². The smallest absolute Gasteiger partial charge is 0.220 e. The number of hydrogen-bond donors (Lipinski definition) is 2. The van der Waals surface area contributed by atoms with Gasteiger partial charge in [0.15, 0.2) is 0 Å². The largest absolute Gasteiger partial charge is 0.494 e. The van der Waals surface area contributed by atoms with Gasteiger partial charge in [0.05, 0.1) is 12.6 Å². The van der Waals surface area contributed by atoms with E-state index in [1.165, 1.54) is 12.8 Å². The van der Waals surface area contributed by atoms with E-state index in [4.69, 9.17) is 4.74 Å². The van der Waals surface area contributed by atoms with Crippen molar-refractivity contribution in [1.29, 1.82) is 0 Å². The highest BCUT2D eigenvalue weighted by atomic mass is 16.5. The van der Waals surface area contributed by atoms with Gasteiger partial charge in [-0.05, 0) is 57.2 Å². The topological polar surface area (TPSA) is 50.4 Å². The summed E-state index contributed by atoms with van der Waals surface area (Å²) < 4.78 is 5.72. The molecule has 0 aliphatic carbocycles. The van der Waals surface area contributed by atoms with Crippen LogP contribution in [0.15, 0.2) is 24.3 Å². The summed E-state index contributed by atoms with van der Waals surface area (Å²) in [6.07, 6.45) is 3.90. The molecule has 2 rings (SSSR count). The quantitative estimate of drug-likeness (QED) is 0.763. The fourth-order valence-electron chi connectivity index (χ4n) is 3.53. The van der Waals surface area contributed by atoms with Gasteiger partial charge < -0.3 is 15.4 Å². The molecule has 3 unspecified atom stereocenters. The number of piperidine rings is 1. The summed E-state index contributed by atoms with van der Waals surface area (Å²) in [5.74, 6) is 2.04. The molecule has 1 aromatic rings. The Bertz CT molecular complexity index is 512. The molecule has 1 heterocycles. The number of carbonyl (C=O) groups is 1. The maximum absolute atomic E-state index is 12.5. The van der Waals surface area contributed by atoms with Crippen molar-refractivity contribution in [2.45, 2.75) is 52.5 Å². The zero-order chi connectivity index (χ0) is 17.4. The number of para-hydroxylation sites is 1. The van der Waals surface area contributed by atoms with E-state index < -0.39 is 0 Å². The van der Waals surface area contributed by atoms with E-state index in [1.54, 1.807) is 0 Å². The molecule has 3 atom stereocenters. The molecule has 0 bridgehead atoms. The highest BCUT2D eigenvalue weighted by Crippen LogP contribution is 2.28. The second-order valence-corrected chi connectivity index (χ2v) is 6.79. The van der Waals surface area contributed by atoms with Crippen molar-refractivity contribution in [2.24, 2.45) is 11.8 Å². The Morgan fingerprint density at radius 2 is 2.17 bits per heavy atom. The molecule has 0 spiro atoms. The summed E-state index contributed by atoms with van der Waals surface area (Å²) in [6, 6.07) is 8.01. The summed E-state index contributed by atoms with van der Waals surface area (Å²) in [6.45, 7) is 9.07. The van der Waals surface area contributed by atoms with Gasteiger partial charge in [0.2, 0.25) is 5.91 Å². The molecular formula is C20H32N2O2. The highest BCUT2D eigenvalue weighted by molar-refractivity contribution is 5.76. The van der Waals surface area contributed by atoms with Crippen LogP contribution in [0, 0.1) is 11.8 Å². The van der Waals surface area contributed by atoms with Crippen molar-refractivity contribution in [3.63, 3.8) is 0 Å². The first-order valence-electron chi connectivity index (χ1n) is 9.37. The van der Waals surface area contributed by atoms with Gasteiger partial charge >= 0.3 is 0 Å². The first-order chi connectivity index (χ1) is 11.7. The zero-order valence-electron chi connectivity index (χ0n) is 15.3. The molecule has 1 saturated heterocycles. The van der Waals surface area contributed by atoms with Gasteiger partial charge in [-0.2, -0.15) is 0 Å². The van der Waals surface area contributed by atoms with Crippen LogP contribution in [-0.4, -0.2) is 25.6 Å². The van der Waals surface area contributed by atoms with Crippen molar-refractivity contribution in [2.75, 3.05) is 19.7 Å². The van der Waals surface area contributed by atoms with Crippen LogP contribution in [0.2, 0.25) is 0 Å². The molecule has 134 valence electrons. The number of rotatable bonds is 8. The minimum absolute atomic E-state index is 0.0110. The van der Waals surface area contributed by atoms with Crippen LogP contribution in [0.1, 0.15) is 58.1 Å². The Morgan fingerprint density at radius 1 is 1.38 bits per heavy atom. The van der Waals surface area contributed by atoms with Crippen molar-refractivity contribution < 1.29 is 9.53 Å². The van der Waals surface area contributed by atoms with Gasteiger partial charge in [-0.25, -0.2) is 0 Å². The molecule has 4 nitrogen and oxygen atoms in total. The summed E-state index contributed by atoms with van der Waals surface area (Å²) in [5.41, 5.74) is 1.07. The number of ether oxygens (including phenoxy) is 1. The van der Waals surface area contributed by atoms with Gasteiger partial charge in [0.25, 0.3) is 0 Å². The summed E-state index contributed by atoms with van der Waals surface area (Å²) in [5, 5.41) is 6.65. The average Bonchev–Trinajstić information content (AvgIpc) is 2.61. The maximum atomic E-state index is 12.5. The van der Waals surface area contributed by atoms with E-state index in [-0.39, 0.29) is 11.9 Å². The van der Waals surface area contributed by atoms with Crippen molar-refractivity contribution >= 4 is 5.91 Å². The molecule has 1 amide bonds. The normalized spacial score (nSPS) is 20.2. The zero-order valence-corrected chi connectivity index (χ0v) is 15.3. The van der Waals surface area contributed by atoms with E-state index in [1.807, 2.05) is 31.2 Å². The highest BCUT2D eigenvalue weighted by Gasteiger charge is 2.23. The molecule has 1 aliphatic rings. The Hall–Kier alpha value is -1.55. The van der Waals surface area contributed by atoms with E-state index in [0.717, 1.165) is 30.8 Å². The molecule has 1 aromatic carbocycles. The van der Waals surface area contributed by atoms with E-state index in [9.17, 15) is 4.79 Å². The number of benzene rings is 1. The molecule has 2 N–H and O–H groups in total. The van der Waals surface area contributed by atoms with Gasteiger partial charge in [-0.1, -0.05) is 32.0 Å². The Kier molecular flexibility index (Phi) is 7.57. The SMILES string of the molecule is CCOc1ccccc1C(CC)NC(=O)CC(C)C1CCCNC1. The summed E-state index contributed by atoms with van der Waals surface area (Å²) in [7, 11) is 0. The minimum atomic E-state index is 0.0110. The molecule has 0 saturated carbocycles. The number of hydrogen-bond acceptors (Lipinski definition) is 3. The van der Waals surface area contributed by atoms with Crippen molar-refractivity contribution in [1.82, 2.24) is 10.6 Å². The summed E-state index contributed by atoms with van der Waals surface area (Å²) in [4.78, 5) is 12.5. The lowest BCUT2D eigenvalue weighted by atomic mass is 9.85. The number of carbonyl (C=O) groups excluding carboxylic acids is 1. The van der Waals surface area contributed by atoms with E-state index in [2.05, 4.69) is 24.5 Å². The predicted octanol–water partition coefficient (Wildman–Crippen LogP) is 3.68. The van der Waals surface area contributed by atoms with E-state index in [0.29, 0.717) is 24.9 Å². The maximum Gasteiger partial charge on any atom is 0.220 e. The van der Waals surface area contributed by atoms with Crippen LogP contribution in [-0.2, 0) is 4.79 Å². The third kappa shape index (κ3) is 5.23. The molecule has 1 aliphatic heterocycles.